The minimum Gasteiger partial charge on any atom is -0.465 e. The first kappa shape index (κ1) is 15.3. The zero-order valence-electron chi connectivity index (χ0n) is 12.2. The van der Waals surface area contributed by atoms with Crippen LogP contribution in [0, 0.1) is 0 Å². The highest BCUT2D eigenvalue weighted by Crippen LogP contribution is 2.36. The van der Waals surface area contributed by atoms with Crippen molar-refractivity contribution in [1.82, 2.24) is 4.98 Å². The van der Waals surface area contributed by atoms with Gasteiger partial charge in [0.2, 0.25) is 0 Å². The van der Waals surface area contributed by atoms with Crippen molar-refractivity contribution in [2.75, 3.05) is 7.11 Å². The van der Waals surface area contributed by atoms with Gasteiger partial charge in [0, 0.05) is 6.20 Å². The highest BCUT2D eigenvalue weighted by molar-refractivity contribution is 6.61. The molecule has 1 aliphatic heterocycles. The molecule has 2 rings (SSSR count). The van der Waals surface area contributed by atoms with E-state index >= 15 is 0 Å². The number of carbonyl (C=O) groups is 1. The Bertz CT molecular complexity index is 531. The van der Waals surface area contributed by atoms with Crippen LogP contribution in [0.5, 0.6) is 0 Å². The first-order valence-corrected chi connectivity index (χ1v) is 6.65. The molecule has 0 saturated carbocycles. The molecule has 0 spiro atoms. The fourth-order valence-electron chi connectivity index (χ4n) is 1.80. The van der Waals surface area contributed by atoms with E-state index in [0.29, 0.717) is 5.59 Å². The topological polar surface area (TPSA) is 57.7 Å². The highest BCUT2D eigenvalue weighted by Gasteiger charge is 2.52. The Kier molecular flexibility index (Phi) is 3.84. The van der Waals surface area contributed by atoms with E-state index in [0.717, 1.165) is 0 Å². The van der Waals surface area contributed by atoms with Gasteiger partial charge in [-0.1, -0.05) is 11.6 Å². The van der Waals surface area contributed by atoms with Gasteiger partial charge in [0.1, 0.15) is 0 Å². The van der Waals surface area contributed by atoms with Gasteiger partial charge in [-0.25, -0.2) is 4.79 Å². The molecule has 108 valence electrons. The Morgan fingerprint density at radius 3 is 2.30 bits per heavy atom. The van der Waals surface area contributed by atoms with Crippen LogP contribution < -0.4 is 5.59 Å². The van der Waals surface area contributed by atoms with Crippen molar-refractivity contribution in [3.63, 3.8) is 0 Å². The summed E-state index contributed by atoms with van der Waals surface area (Å²) >= 11 is 6.07. The van der Waals surface area contributed by atoms with Gasteiger partial charge in [0.05, 0.1) is 34.5 Å². The van der Waals surface area contributed by atoms with Crippen LogP contribution in [0.2, 0.25) is 5.02 Å². The molecule has 1 aliphatic rings. The van der Waals surface area contributed by atoms with Crippen LogP contribution in [0.4, 0.5) is 0 Å². The molecular weight excluding hydrogens is 280 g/mol. The standard InChI is InChI=1S/C13H17BClNO4/c1-12(2)13(3,4)20-14(19-12)10-6-9(15)8(7-16-10)11(17)18-5/h6-7H,1-5H3. The van der Waals surface area contributed by atoms with Gasteiger partial charge in [-0.3, -0.25) is 4.98 Å². The molecule has 0 aromatic carbocycles. The summed E-state index contributed by atoms with van der Waals surface area (Å²) in [6.07, 6.45) is 1.37. The summed E-state index contributed by atoms with van der Waals surface area (Å²) in [4.78, 5) is 15.7. The van der Waals surface area contributed by atoms with Crippen LogP contribution in [0.3, 0.4) is 0 Å². The van der Waals surface area contributed by atoms with Gasteiger partial charge >= 0.3 is 13.1 Å². The number of methoxy groups -OCH3 is 1. The lowest BCUT2D eigenvalue weighted by Crippen LogP contribution is -2.41. The number of pyridine rings is 1. The average molecular weight is 298 g/mol. The molecule has 0 bridgehead atoms. The number of ether oxygens (including phenoxy) is 1. The highest BCUT2D eigenvalue weighted by atomic mass is 35.5. The van der Waals surface area contributed by atoms with Gasteiger partial charge < -0.3 is 14.0 Å². The van der Waals surface area contributed by atoms with Gasteiger partial charge in [0.25, 0.3) is 0 Å². The number of hydrogen-bond donors (Lipinski definition) is 0. The van der Waals surface area contributed by atoms with Gasteiger partial charge in [-0.05, 0) is 33.8 Å². The summed E-state index contributed by atoms with van der Waals surface area (Å²) in [6.45, 7) is 7.82. The second-order valence-corrected chi connectivity index (χ2v) is 6.08. The molecule has 1 aromatic rings. The van der Waals surface area contributed by atoms with E-state index < -0.39 is 24.3 Å². The smallest absolute Gasteiger partial charge is 0.465 e. The fourth-order valence-corrected chi connectivity index (χ4v) is 2.04. The van der Waals surface area contributed by atoms with Crippen LogP contribution in [-0.4, -0.2) is 36.4 Å². The molecule has 1 saturated heterocycles. The second-order valence-electron chi connectivity index (χ2n) is 5.67. The Morgan fingerprint density at radius 1 is 1.30 bits per heavy atom. The fraction of sp³-hybridized carbons (Fsp3) is 0.538. The Labute approximate surface area is 123 Å². The lowest BCUT2D eigenvalue weighted by molar-refractivity contribution is 0.00578. The van der Waals surface area contributed by atoms with Crippen LogP contribution in [0.25, 0.3) is 0 Å². The van der Waals surface area contributed by atoms with E-state index in [1.54, 1.807) is 6.07 Å². The maximum absolute atomic E-state index is 11.5. The van der Waals surface area contributed by atoms with Crippen LogP contribution in [0.15, 0.2) is 12.3 Å². The average Bonchev–Trinajstić information content (AvgIpc) is 2.57. The zero-order chi connectivity index (χ0) is 15.1. The largest absolute Gasteiger partial charge is 0.514 e. The molecule has 0 amide bonds. The predicted molar refractivity (Wildman–Crippen MR) is 76.3 cm³/mol. The quantitative estimate of drug-likeness (QED) is 0.615. The van der Waals surface area contributed by atoms with Crippen molar-refractivity contribution in [2.24, 2.45) is 0 Å². The van der Waals surface area contributed by atoms with E-state index in [1.807, 2.05) is 27.7 Å². The van der Waals surface area contributed by atoms with Gasteiger partial charge in [-0.15, -0.1) is 0 Å². The summed E-state index contributed by atoms with van der Waals surface area (Å²) < 4.78 is 16.4. The maximum Gasteiger partial charge on any atom is 0.514 e. The SMILES string of the molecule is COC(=O)c1cnc(B2OC(C)(C)C(C)(C)O2)cc1Cl. The summed E-state index contributed by atoms with van der Waals surface area (Å²) in [5, 5.41) is 0.261. The van der Waals surface area contributed by atoms with Gasteiger partial charge in [-0.2, -0.15) is 0 Å². The van der Waals surface area contributed by atoms with Crippen molar-refractivity contribution in [1.29, 1.82) is 0 Å². The Morgan fingerprint density at radius 2 is 1.85 bits per heavy atom. The van der Waals surface area contributed by atoms with E-state index in [4.69, 9.17) is 20.9 Å². The monoisotopic (exact) mass is 297 g/mol. The maximum atomic E-state index is 11.5. The number of rotatable bonds is 2. The lowest BCUT2D eigenvalue weighted by Gasteiger charge is -2.32. The van der Waals surface area contributed by atoms with Crippen molar-refractivity contribution in [3.8, 4) is 0 Å². The Balaban J connectivity index is 2.28. The molecule has 7 heteroatoms. The molecule has 0 unspecified atom stereocenters. The van der Waals surface area contributed by atoms with Crippen molar-refractivity contribution >= 4 is 30.3 Å². The minimum atomic E-state index is -0.607. The van der Waals surface area contributed by atoms with Crippen LogP contribution >= 0.6 is 11.6 Å². The summed E-state index contributed by atoms with van der Waals surface area (Å²) in [5.41, 5.74) is -0.157. The number of nitrogens with zero attached hydrogens (tertiary/aromatic N) is 1. The van der Waals surface area contributed by atoms with Crippen molar-refractivity contribution < 1.29 is 18.8 Å². The predicted octanol–water partition coefficient (Wildman–Crippen LogP) is 1.82. The lowest BCUT2D eigenvalue weighted by atomic mass is 9.84. The first-order valence-electron chi connectivity index (χ1n) is 6.27. The molecule has 0 N–H and O–H groups in total. The number of hydrogen-bond acceptors (Lipinski definition) is 5. The summed E-state index contributed by atoms with van der Waals surface area (Å²) in [6, 6.07) is 1.57. The molecular formula is C13H17BClNO4. The molecule has 1 aromatic heterocycles. The summed E-state index contributed by atoms with van der Waals surface area (Å²) in [5.74, 6) is -0.525. The van der Waals surface area contributed by atoms with E-state index in [2.05, 4.69) is 9.72 Å². The molecule has 1 fully saturated rings. The van der Waals surface area contributed by atoms with Crippen LogP contribution in [-0.2, 0) is 14.0 Å². The molecule has 2 heterocycles. The number of aromatic nitrogens is 1. The third-order valence-corrected chi connectivity index (χ3v) is 4.09. The van der Waals surface area contributed by atoms with Gasteiger partial charge in [0.15, 0.2) is 0 Å². The normalized spacial score (nSPS) is 20.0. The minimum absolute atomic E-state index is 0.217. The Hall–Kier alpha value is -1.11. The zero-order valence-corrected chi connectivity index (χ0v) is 12.9. The van der Waals surface area contributed by atoms with E-state index in [-0.39, 0.29) is 10.6 Å². The third kappa shape index (κ3) is 2.55. The molecule has 5 nitrogen and oxygen atoms in total. The third-order valence-electron chi connectivity index (χ3n) is 3.77. The van der Waals surface area contributed by atoms with Crippen molar-refractivity contribution in [3.05, 3.63) is 22.8 Å². The van der Waals surface area contributed by atoms with Crippen LogP contribution in [0.1, 0.15) is 38.1 Å². The van der Waals surface area contributed by atoms with E-state index in [1.165, 1.54) is 13.3 Å². The molecule has 0 radical (unpaired) electrons. The number of esters is 1. The summed E-state index contributed by atoms with van der Waals surface area (Å²) in [7, 11) is 0.685. The van der Waals surface area contributed by atoms with Crippen molar-refractivity contribution in [2.45, 2.75) is 38.9 Å². The molecule has 0 aliphatic carbocycles. The molecule has 20 heavy (non-hydrogen) atoms. The number of halogens is 1. The van der Waals surface area contributed by atoms with E-state index in [9.17, 15) is 4.79 Å². The molecule has 0 atom stereocenters. The first-order chi connectivity index (χ1) is 9.18. The second kappa shape index (κ2) is 5.02. The number of carbonyl (C=O) groups excluding carboxylic acids is 1.